The molecule has 0 N–H and O–H groups in total. The van der Waals surface area contributed by atoms with Gasteiger partial charge in [-0.15, -0.1) is 11.3 Å². The summed E-state index contributed by atoms with van der Waals surface area (Å²) in [5.74, 6) is -0.854. The number of thiophene rings is 1. The van der Waals surface area contributed by atoms with E-state index in [1.165, 1.54) is 10.4 Å². The summed E-state index contributed by atoms with van der Waals surface area (Å²) in [4.78, 5) is 1.80. The molecule has 2 heterocycles. The monoisotopic (exact) mass is 378 g/mol. The van der Waals surface area contributed by atoms with Crippen molar-refractivity contribution in [3.63, 3.8) is 0 Å². The maximum Gasteiger partial charge on any atom is 0.161 e. The van der Waals surface area contributed by atoms with Gasteiger partial charge in [0.2, 0.25) is 0 Å². The van der Waals surface area contributed by atoms with Gasteiger partial charge in [-0.25, -0.2) is 13.2 Å². The molecule has 0 aliphatic carbocycles. The van der Waals surface area contributed by atoms with Gasteiger partial charge in [0.05, 0.1) is 4.83 Å². The summed E-state index contributed by atoms with van der Waals surface area (Å²) in [5.41, 5.74) is 1.41. The van der Waals surface area contributed by atoms with Crippen LogP contribution in [-0.2, 0) is 12.2 Å². The molecule has 3 rings (SSSR count). The fraction of sp³-hybridized carbons (Fsp3) is 0.286. The Kier molecular flexibility index (Phi) is 4.15. The molecular formula is C14H10BrF3S2. The van der Waals surface area contributed by atoms with Crippen LogP contribution in [-0.4, -0.2) is 5.75 Å². The Bertz CT molecular complexity index is 631. The first-order valence-corrected chi connectivity index (χ1v) is 8.92. The lowest BCUT2D eigenvalue weighted by Crippen LogP contribution is -1.98. The molecule has 0 bridgehead atoms. The zero-order chi connectivity index (χ0) is 14.3. The Labute approximate surface area is 131 Å². The van der Waals surface area contributed by atoms with Crippen LogP contribution >= 0.6 is 39.0 Å². The van der Waals surface area contributed by atoms with Crippen molar-refractivity contribution in [1.82, 2.24) is 0 Å². The minimum absolute atomic E-state index is 0.134. The second-order valence-corrected chi connectivity index (χ2v) is 7.74. The molecule has 1 aromatic carbocycles. The molecule has 0 saturated carbocycles. The van der Waals surface area contributed by atoms with E-state index in [0.717, 1.165) is 28.9 Å². The Morgan fingerprint density at radius 3 is 2.55 bits per heavy atom. The predicted molar refractivity (Wildman–Crippen MR) is 81.3 cm³/mol. The highest BCUT2D eigenvalue weighted by Crippen LogP contribution is 2.41. The molecule has 6 heteroatoms. The minimum Gasteiger partial charge on any atom is -0.207 e. The van der Waals surface area contributed by atoms with Crippen molar-refractivity contribution < 1.29 is 13.2 Å². The van der Waals surface area contributed by atoms with E-state index in [1.54, 1.807) is 11.3 Å². The van der Waals surface area contributed by atoms with Crippen molar-refractivity contribution in [2.24, 2.45) is 0 Å². The van der Waals surface area contributed by atoms with Gasteiger partial charge in [0.15, 0.2) is 11.6 Å². The molecule has 0 spiro atoms. The molecule has 0 saturated heterocycles. The summed E-state index contributed by atoms with van der Waals surface area (Å²) >= 11 is 6.89. The summed E-state index contributed by atoms with van der Waals surface area (Å²) in [6.45, 7) is 0. The van der Waals surface area contributed by atoms with Crippen molar-refractivity contribution in [3.05, 3.63) is 56.5 Å². The summed E-state index contributed by atoms with van der Waals surface area (Å²) in [5, 5.41) is 0. The lowest BCUT2D eigenvalue weighted by atomic mass is 10.1. The third-order valence-corrected chi connectivity index (χ3v) is 6.81. The maximum absolute atomic E-state index is 13.8. The van der Waals surface area contributed by atoms with Gasteiger partial charge in [-0.05, 0) is 29.9 Å². The van der Waals surface area contributed by atoms with E-state index in [2.05, 4.69) is 15.9 Å². The van der Waals surface area contributed by atoms with Crippen LogP contribution in [0.25, 0.3) is 0 Å². The number of halogens is 4. The summed E-state index contributed by atoms with van der Waals surface area (Å²) < 4.78 is 40.1. The third kappa shape index (κ3) is 2.65. The molecular weight excluding hydrogens is 369 g/mol. The van der Waals surface area contributed by atoms with Crippen LogP contribution in [0.2, 0.25) is 0 Å². The fourth-order valence-corrected chi connectivity index (χ4v) is 5.32. The zero-order valence-electron chi connectivity index (χ0n) is 10.3. The van der Waals surface area contributed by atoms with E-state index in [9.17, 15) is 13.2 Å². The average Bonchev–Trinajstić information content (AvgIpc) is 2.86. The average molecular weight is 379 g/mol. The molecule has 0 fully saturated rings. The molecule has 20 heavy (non-hydrogen) atoms. The summed E-state index contributed by atoms with van der Waals surface area (Å²) in [7, 11) is 0. The normalized spacial score (nSPS) is 16.0. The second kappa shape index (κ2) is 5.73. The highest BCUT2D eigenvalue weighted by molar-refractivity contribution is 9.09. The number of rotatable bonds is 2. The Balaban J connectivity index is 1.98. The lowest BCUT2D eigenvalue weighted by molar-refractivity contribution is 0.491. The molecule has 1 unspecified atom stereocenters. The van der Waals surface area contributed by atoms with Gasteiger partial charge in [-0.3, -0.25) is 0 Å². The predicted octanol–water partition coefficient (Wildman–Crippen LogP) is 5.44. The van der Waals surface area contributed by atoms with E-state index >= 15 is 0 Å². The number of aryl methyl sites for hydroxylation is 1. The number of benzene rings is 1. The van der Waals surface area contributed by atoms with Gasteiger partial charge < -0.3 is 0 Å². The molecule has 1 aromatic heterocycles. The van der Waals surface area contributed by atoms with E-state index in [4.69, 9.17) is 0 Å². The summed E-state index contributed by atoms with van der Waals surface area (Å²) in [6.07, 6.45) is 1.02. The van der Waals surface area contributed by atoms with Crippen molar-refractivity contribution in [2.45, 2.75) is 17.0 Å². The van der Waals surface area contributed by atoms with Crippen molar-refractivity contribution in [2.75, 3.05) is 5.75 Å². The Morgan fingerprint density at radius 1 is 1.05 bits per heavy atom. The number of hydrogen-bond donors (Lipinski definition) is 0. The van der Waals surface area contributed by atoms with Gasteiger partial charge >= 0.3 is 0 Å². The second-order valence-electron chi connectivity index (χ2n) is 4.55. The summed E-state index contributed by atoms with van der Waals surface area (Å²) in [6, 6.07) is 3.56. The molecule has 0 nitrogen and oxygen atoms in total. The first kappa shape index (κ1) is 14.5. The Hall–Kier alpha value is -0.460. The van der Waals surface area contributed by atoms with E-state index < -0.39 is 22.3 Å². The van der Waals surface area contributed by atoms with Gasteiger partial charge in [0.1, 0.15) is 5.82 Å². The molecule has 106 valence electrons. The molecule has 2 aromatic rings. The first-order valence-electron chi connectivity index (χ1n) is 6.04. The number of hydrogen-bond acceptors (Lipinski definition) is 2. The molecule has 1 aliphatic heterocycles. The van der Waals surface area contributed by atoms with E-state index in [-0.39, 0.29) is 5.56 Å². The van der Waals surface area contributed by atoms with Crippen LogP contribution in [0.5, 0.6) is 0 Å². The highest BCUT2D eigenvalue weighted by Gasteiger charge is 2.22. The molecule has 0 radical (unpaired) electrons. The topological polar surface area (TPSA) is 0 Å². The standard InChI is InChI=1S/C14H10BrF3S2/c15-14(8-4-10(17)11(18)5-9(8)16)13-3-7-6-19-2-1-12(7)20-13/h3-5,14H,1-2,6H2. The smallest absolute Gasteiger partial charge is 0.161 e. The first-order chi connectivity index (χ1) is 9.56. The van der Waals surface area contributed by atoms with Crippen LogP contribution < -0.4 is 0 Å². The van der Waals surface area contributed by atoms with Crippen LogP contribution in [0.4, 0.5) is 13.2 Å². The third-order valence-electron chi connectivity index (χ3n) is 3.21. The maximum atomic E-state index is 13.8. The quantitative estimate of drug-likeness (QED) is 0.495. The van der Waals surface area contributed by atoms with Crippen molar-refractivity contribution >= 4 is 39.0 Å². The lowest BCUT2D eigenvalue weighted by Gasteiger charge is -2.10. The molecule has 1 aliphatic rings. The largest absolute Gasteiger partial charge is 0.207 e. The zero-order valence-corrected chi connectivity index (χ0v) is 13.5. The fourth-order valence-electron chi connectivity index (χ4n) is 2.18. The van der Waals surface area contributed by atoms with Gasteiger partial charge in [0.25, 0.3) is 0 Å². The number of thioether (sulfide) groups is 1. The molecule has 1 atom stereocenters. The van der Waals surface area contributed by atoms with Crippen LogP contribution in [0, 0.1) is 17.5 Å². The number of alkyl halides is 1. The highest BCUT2D eigenvalue weighted by atomic mass is 79.9. The van der Waals surface area contributed by atoms with Crippen molar-refractivity contribution in [1.29, 1.82) is 0 Å². The van der Waals surface area contributed by atoms with Gasteiger partial charge in [0, 0.05) is 27.1 Å². The van der Waals surface area contributed by atoms with Crippen molar-refractivity contribution in [3.8, 4) is 0 Å². The van der Waals surface area contributed by atoms with Crippen LogP contribution in [0.1, 0.15) is 25.7 Å². The molecule has 0 amide bonds. The van der Waals surface area contributed by atoms with Gasteiger partial charge in [-0.1, -0.05) is 15.9 Å². The minimum atomic E-state index is -1.16. The van der Waals surface area contributed by atoms with Crippen LogP contribution in [0.15, 0.2) is 18.2 Å². The Morgan fingerprint density at radius 2 is 1.80 bits per heavy atom. The van der Waals surface area contributed by atoms with E-state index in [1.807, 2.05) is 17.8 Å². The SMILES string of the molecule is Fc1cc(F)c(C(Br)c2cc3c(s2)CCSC3)cc1F. The van der Waals surface area contributed by atoms with E-state index in [0.29, 0.717) is 6.07 Å². The van der Waals surface area contributed by atoms with Gasteiger partial charge in [-0.2, -0.15) is 11.8 Å². The van der Waals surface area contributed by atoms with Crippen LogP contribution in [0.3, 0.4) is 0 Å². The number of fused-ring (bicyclic) bond motifs is 1.